The molecule has 0 bridgehead atoms. The Kier molecular flexibility index (Phi) is 3.96. The van der Waals surface area contributed by atoms with Crippen LogP contribution in [0.1, 0.15) is 11.1 Å². The number of aryl methyl sites for hydroxylation is 1. The summed E-state index contributed by atoms with van der Waals surface area (Å²) in [7, 11) is -3.29. The average molecular weight is 286 g/mol. The van der Waals surface area contributed by atoms with Crippen molar-refractivity contribution in [2.75, 3.05) is 25.2 Å². The Labute approximate surface area is 113 Å². The maximum Gasteiger partial charge on any atom is 0.209 e. The van der Waals surface area contributed by atoms with Crippen LogP contribution in [0.4, 0.5) is 0 Å². The summed E-state index contributed by atoms with van der Waals surface area (Å²) < 4.78 is 34.4. The Morgan fingerprint density at radius 2 is 2.00 bits per heavy atom. The van der Waals surface area contributed by atoms with E-state index in [-0.39, 0.29) is 19.0 Å². The molecule has 2 atom stereocenters. The predicted octanol–water partition coefficient (Wildman–Crippen LogP) is 0.600. The third-order valence-corrected chi connectivity index (χ3v) is 3.91. The third kappa shape index (κ3) is 3.33. The molecule has 5 nitrogen and oxygen atoms in total. The summed E-state index contributed by atoms with van der Waals surface area (Å²) >= 11 is 0. The van der Waals surface area contributed by atoms with Gasteiger partial charge in [0.1, 0.15) is 11.9 Å². The normalized spacial score (nSPS) is 27.6. The number of hydrogen-bond acceptors (Lipinski definition) is 5. The number of rotatable bonds is 4. The lowest BCUT2D eigenvalue weighted by atomic mass is 10.1. The maximum absolute atomic E-state index is 11.6. The first kappa shape index (κ1) is 14.5. The minimum absolute atomic E-state index is 0.180. The number of benzene rings is 1. The molecular weight excluding hydrogens is 268 g/mol. The Bertz CT molecular complexity index is 537. The van der Waals surface area contributed by atoms with E-state index in [1.807, 2.05) is 19.1 Å². The summed E-state index contributed by atoms with van der Waals surface area (Å²) in [5, 5.41) is 9.13. The van der Waals surface area contributed by atoms with Gasteiger partial charge in [-0.25, -0.2) is 8.42 Å². The quantitative estimate of drug-likeness (QED) is 0.877. The highest BCUT2D eigenvalue weighted by Gasteiger charge is 2.45. The fourth-order valence-electron chi connectivity index (χ4n) is 2.12. The standard InChI is InChI=1S/C13H18O5S/c1-10-3-5-11(6-4-10)13(9-19(2,15)16)17-8-12(7-14)18-13/h3-6,12,14H,7-9H2,1-2H3. The highest BCUT2D eigenvalue weighted by atomic mass is 32.2. The SMILES string of the molecule is Cc1ccc(C2(CS(C)(=O)=O)OCC(CO)O2)cc1. The van der Waals surface area contributed by atoms with E-state index in [0.717, 1.165) is 11.8 Å². The molecular formula is C13H18O5S. The third-order valence-electron chi connectivity index (χ3n) is 3.01. The van der Waals surface area contributed by atoms with Gasteiger partial charge in [-0.15, -0.1) is 0 Å². The van der Waals surface area contributed by atoms with Crippen molar-refractivity contribution >= 4 is 9.84 Å². The van der Waals surface area contributed by atoms with E-state index in [1.165, 1.54) is 0 Å². The van der Waals surface area contributed by atoms with Gasteiger partial charge in [0.15, 0.2) is 9.84 Å². The van der Waals surface area contributed by atoms with Crippen LogP contribution in [-0.4, -0.2) is 44.9 Å². The highest BCUT2D eigenvalue weighted by Crippen LogP contribution is 2.35. The summed E-state index contributed by atoms with van der Waals surface area (Å²) in [5.41, 5.74) is 1.72. The van der Waals surface area contributed by atoms with E-state index in [1.54, 1.807) is 12.1 Å². The van der Waals surface area contributed by atoms with Crippen molar-refractivity contribution in [2.24, 2.45) is 0 Å². The molecule has 1 N–H and O–H groups in total. The average Bonchev–Trinajstić information content (AvgIpc) is 2.72. The second-order valence-corrected chi connectivity index (χ2v) is 7.06. The van der Waals surface area contributed by atoms with Gasteiger partial charge in [-0.2, -0.15) is 0 Å². The van der Waals surface area contributed by atoms with E-state index in [2.05, 4.69) is 0 Å². The first-order valence-corrected chi connectivity index (χ1v) is 8.08. The van der Waals surface area contributed by atoms with Crippen molar-refractivity contribution in [1.82, 2.24) is 0 Å². The number of aliphatic hydroxyl groups is 1. The highest BCUT2D eigenvalue weighted by molar-refractivity contribution is 7.90. The van der Waals surface area contributed by atoms with E-state index < -0.39 is 21.7 Å². The molecule has 2 unspecified atom stereocenters. The van der Waals surface area contributed by atoms with Gasteiger partial charge >= 0.3 is 0 Å². The smallest absolute Gasteiger partial charge is 0.209 e. The molecule has 1 heterocycles. The molecule has 1 fully saturated rings. The van der Waals surface area contributed by atoms with Crippen LogP contribution in [0.2, 0.25) is 0 Å². The second-order valence-electron chi connectivity index (χ2n) is 4.92. The first-order chi connectivity index (χ1) is 8.85. The first-order valence-electron chi connectivity index (χ1n) is 6.02. The Morgan fingerprint density at radius 3 is 2.47 bits per heavy atom. The summed E-state index contributed by atoms with van der Waals surface area (Å²) in [6.45, 7) is 1.93. The minimum atomic E-state index is -3.29. The van der Waals surface area contributed by atoms with Crippen molar-refractivity contribution in [3.63, 3.8) is 0 Å². The summed E-state index contributed by atoms with van der Waals surface area (Å²) in [4.78, 5) is 0. The lowest BCUT2D eigenvalue weighted by Gasteiger charge is -2.27. The Hall–Kier alpha value is -0.950. The van der Waals surface area contributed by atoms with Crippen LogP contribution >= 0.6 is 0 Å². The predicted molar refractivity (Wildman–Crippen MR) is 70.5 cm³/mol. The molecule has 0 aromatic heterocycles. The molecule has 19 heavy (non-hydrogen) atoms. The maximum atomic E-state index is 11.6. The van der Waals surface area contributed by atoms with E-state index in [4.69, 9.17) is 14.6 Å². The van der Waals surface area contributed by atoms with Crippen LogP contribution in [0.3, 0.4) is 0 Å². The molecule has 1 saturated heterocycles. The van der Waals surface area contributed by atoms with Gasteiger partial charge in [0.05, 0.1) is 13.2 Å². The van der Waals surface area contributed by atoms with Crippen LogP contribution in [-0.2, 0) is 25.1 Å². The summed E-state index contributed by atoms with van der Waals surface area (Å²) in [6.07, 6.45) is 0.644. The second kappa shape index (κ2) is 5.20. The molecule has 1 aromatic rings. The molecule has 6 heteroatoms. The summed E-state index contributed by atoms with van der Waals surface area (Å²) in [6, 6.07) is 7.33. The Balaban J connectivity index is 2.37. The van der Waals surface area contributed by atoms with Gasteiger partial charge in [-0.3, -0.25) is 0 Å². The van der Waals surface area contributed by atoms with Crippen molar-refractivity contribution in [2.45, 2.75) is 18.8 Å². The number of aliphatic hydroxyl groups excluding tert-OH is 1. The Morgan fingerprint density at radius 1 is 1.37 bits per heavy atom. The molecule has 1 aromatic carbocycles. The molecule has 1 aliphatic heterocycles. The van der Waals surface area contributed by atoms with Crippen molar-refractivity contribution in [3.8, 4) is 0 Å². The van der Waals surface area contributed by atoms with Gasteiger partial charge in [-0.1, -0.05) is 29.8 Å². The lowest BCUT2D eigenvalue weighted by molar-refractivity contribution is -0.162. The van der Waals surface area contributed by atoms with Crippen LogP contribution in [0.5, 0.6) is 0 Å². The number of hydrogen-bond donors (Lipinski definition) is 1. The van der Waals surface area contributed by atoms with Crippen LogP contribution < -0.4 is 0 Å². The van der Waals surface area contributed by atoms with Crippen LogP contribution in [0.15, 0.2) is 24.3 Å². The zero-order valence-corrected chi connectivity index (χ0v) is 11.8. The van der Waals surface area contributed by atoms with E-state index in [9.17, 15) is 8.42 Å². The van der Waals surface area contributed by atoms with Gasteiger partial charge in [0.2, 0.25) is 5.79 Å². The zero-order valence-electron chi connectivity index (χ0n) is 11.0. The monoisotopic (exact) mass is 286 g/mol. The van der Waals surface area contributed by atoms with Gasteiger partial charge in [-0.05, 0) is 6.92 Å². The fraction of sp³-hybridized carbons (Fsp3) is 0.538. The molecule has 0 aliphatic carbocycles. The van der Waals surface area contributed by atoms with Gasteiger partial charge in [0, 0.05) is 11.8 Å². The molecule has 0 amide bonds. The van der Waals surface area contributed by atoms with E-state index in [0.29, 0.717) is 5.56 Å². The van der Waals surface area contributed by atoms with Crippen LogP contribution in [0, 0.1) is 6.92 Å². The number of sulfone groups is 1. The largest absolute Gasteiger partial charge is 0.394 e. The molecule has 1 aliphatic rings. The zero-order chi connectivity index (χ0) is 14.1. The molecule has 106 valence electrons. The number of ether oxygens (including phenoxy) is 2. The van der Waals surface area contributed by atoms with Crippen molar-refractivity contribution in [3.05, 3.63) is 35.4 Å². The fourth-order valence-corrected chi connectivity index (χ4v) is 3.13. The van der Waals surface area contributed by atoms with Crippen LogP contribution in [0.25, 0.3) is 0 Å². The van der Waals surface area contributed by atoms with Crippen molar-refractivity contribution < 1.29 is 23.0 Å². The van der Waals surface area contributed by atoms with Crippen molar-refractivity contribution in [1.29, 1.82) is 0 Å². The van der Waals surface area contributed by atoms with Gasteiger partial charge in [0.25, 0.3) is 0 Å². The molecule has 0 saturated carbocycles. The van der Waals surface area contributed by atoms with E-state index >= 15 is 0 Å². The molecule has 2 rings (SSSR count). The van der Waals surface area contributed by atoms with Gasteiger partial charge < -0.3 is 14.6 Å². The summed E-state index contributed by atoms with van der Waals surface area (Å²) in [5.74, 6) is -1.58. The minimum Gasteiger partial charge on any atom is -0.394 e. The molecule has 0 spiro atoms. The molecule has 0 radical (unpaired) electrons. The lowest BCUT2D eigenvalue weighted by Crippen LogP contribution is -2.36. The topological polar surface area (TPSA) is 72.8 Å².